The van der Waals surface area contributed by atoms with Gasteiger partial charge in [0.1, 0.15) is 11.5 Å². The van der Waals surface area contributed by atoms with Crippen molar-refractivity contribution < 1.29 is 18.8 Å². The van der Waals surface area contributed by atoms with Gasteiger partial charge in [-0.25, -0.2) is 0 Å². The van der Waals surface area contributed by atoms with E-state index in [1.54, 1.807) is 72.8 Å². The first-order chi connectivity index (χ1) is 20.0. The van der Waals surface area contributed by atoms with E-state index in [0.29, 0.717) is 22.6 Å². The summed E-state index contributed by atoms with van der Waals surface area (Å²) in [7, 11) is 0. The van der Waals surface area contributed by atoms with Gasteiger partial charge in [0.2, 0.25) is 0 Å². The van der Waals surface area contributed by atoms with Crippen molar-refractivity contribution in [3.63, 3.8) is 0 Å². The topological polar surface area (TPSA) is 88.4 Å². The van der Waals surface area contributed by atoms with Gasteiger partial charge in [-0.2, -0.15) is 0 Å². The number of anilines is 1. The van der Waals surface area contributed by atoms with E-state index in [2.05, 4.69) is 22.8 Å². The SMILES string of the molecule is O=C(Nc1ccc(C(=O)/C=C/c2ccc(-c3ccccc3)cc2)cc1)/C(=C/c1ccco1)NC(=O)c1ccccc1. The van der Waals surface area contributed by atoms with Gasteiger partial charge in [0, 0.05) is 22.9 Å². The molecule has 0 aliphatic carbocycles. The van der Waals surface area contributed by atoms with Crippen molar-refractivity contribution in [2.24, 2.45) is 0 Å². The van der Waals surface area contributed by atoms with Crippen LogP contribution in [-0.2, 0) is 4.79 Å². The third kappa shape index (κ3) is 7.22. The zero-order valence-corrected chi connectivity index (χ0v) is 22.0. The summed E-state index contributed by atoms with van der Waals surface area (Å²) in [5, 5.41) is 5.41. The van der Waals surface area contributed by atoms with E-state index in [1.807, 2.05) is 42.5 Å². The summed E-state index contributed by atoms with van der Waals surface area (Å²) in [5.74, 6) is -0.723. The number of furan rings is 1. The molecule has 6 nitrogen and oxygen atoms in total. The monoisotopic (exact) mass is 538 g/mol. The van der Waals surface area contributed by atoms with Gasteiger partial charge in [-0.05, 0) is 71.3 Å². The largest absolute Gasteiger partial charge is 0.465 e. The van der Waals surface area contributed by atoms with Gasteiger partial charge in [0.25, 0.3) is 11.8 Å². The Hall–Kier alpha value is -5.75. The molecule has 0 saturated carbocycles. The Kier molecular flexibility index (Phi) is 8.42. The van der Waals surface area contributed by atoms with Crippen LogP contribution < -0.4 is 10.6 Å². The lowest BCUT2D eigenvalue weighted by Gasteiger charge is -2.11. The Morgan fingerprint density at radius 1 is 0.634 bits per heavy atom. The lowest BCUT2D eigenvalue weighted by atomic mass is 10.0. The molecule has 0 radical (unpaired) electrons. The first-order valence-corrected chi connectivity index (χ1v) is 13.0. The van der Waals surface area contributed by atoms with Gasteiger partial charge in [0.05, 0.1) is 6.26 Å². The van der Waals surface area contributed by atoms with Crippen LogP contribution in [0.25, 0.3) is 23.3 Å². The molecule has 1 heterocycles. The number of hydrogen-bond donors (Lipinski definition) is 2. The first kappa shape index (κ1) is 26.8. The highest BCUT2D eigenvalue weighted by atomic mass is 16.3. The molecule has 41 heavy (non-hydrogen) atoms. The number of benzene rings is 4. The van der Waals surface area contributed by atoms with Crippen molar-refractivity contribution in [1.82, 2.24) is 5.32 Å². The van der Waals surface area contributed by atoms with Crippen LogP contribution in [0.4, 0.5) is 5.69 Å². The Bertz CT molecular complexity index is 1690. The maximum atomic E-state index is 13.1. The third-order valence-corrected chi connectivity index (χ3v) is 6.23. The molecule has 6 heteroatoms. The molecule has 4 aromatic carbocycles. The van der Waals surface area contributed by atoms with Crippen LogP contribution in [0.2, 0.25) is 0 Å². The smallest absolute Gasteiger partial charge is 0.272 e. The van der Waals surface area contributed by atoms with Crippen LogP contribution in [0.1, 0.15) is 32.0 Å². The van der Waals surface area contributed by atoms with E-state index in [-0.39, 0.29) is 11.5 Å². The molecule has 2 amide bonds. The predicted octanol–water partition coefficient (Wildman–Crippen LogP) is 7.25. The minimum atomic E-state index is -0.538. The molecule has 0 fully saturated rings. The number of hydrogen-bond acceptors (Lipinski definition) is 4. The quantitative estimate of drug-likeness (QED) is 0.153. The van der Waals surface area contributed by atoms with E-state index in [1.165, 1.54) is 18.4 Å². The van der Waals surface area contributed by atoms with Crippen molar-refractivity contribution in [1.29, 1.82) is 0 Å². The molecule has 0 aliphatic rings. The average molecular weight is 539 g/mol. The van der Waals surface area contributed by atoms with Gasteiger partial charge >= 0.3 is 0 Å². The summed E-state index contributed by atoms with van der Waals surface area (Å²) >= 11 is 0. The van der Waals surface area contributed by atoms with Crippen LogP contribution in [0, 0.1) is 0 Å². The summed E-state index contributed by atoms with van der Waals surface area (Å²) in [5.41, 5.74) is 4.51. The summed E-state index contributed by atoms with van der Waals surface area (Å²) in [6.45, 7) is 0. The van der Waals surface area contributed by atoms with Crippen LogP contribution >= 0.6 is 0 Å². The van der Waals surface area contributed by atoms with Crippen molar-refractivity contribution in [2.75, 3.05) is 5.32 Å². The Morgan fingerprint density at radius 2 is 1.29 bits per heavy atom. The van der Waals surface area contributed by atoms with Gasteiger partial charge in [-0.1, -0.05) is 78.9 Å². The zero-order chi connectivity index (χ0) is 28.4. The molecule has 0 unspecified atom stereocenters. The number of ketones is 1. The normalized spacial score (nSPS) is 11.3. The lowest BCUT2D eigenvalue weighted by Crippen LogP contribution is -2.30. The highest BCUT2D eigenvalue weighted by Crippen LogP contribution is 2.20. The van der Waals surface area contributed by atoms with Crippen LogP contribution in [0.15, 0.2) is 144 Å². The zero-order valence-electron chi connectivity index (χ0n) is 22.0. The fourth-order valence-electron chi connectivity index (χ4n) is 4.06. The summed E-state index contributed by atoms with van der Waals surface area (Å²) in [6.07, 6.45) is 6.22. The number of amides is 2. The van der Waals surface area contributed by atoms with E-state index in [4.69, 9.17) is 4.42 Å². The maximum absolute atomic E-state index is 13.1. The lowest BCUT2D eigenvalue weighted by molar-refractivity contribution is -0.113. The average Bonchev–Trinajstić information content (AvgIpc) is 3.54. The number of allylic oxidation sites excluding steroid dienone is 1. The molecule has 1 aromatic heterocycles. The van der Waals surface area contributed by atoms with Gasteiger partial charge < -0.3 is 15.1 Å². The van der Waals surface area contributed by atoms with E-state index in [9.17, 15) is 14.4 Å². The fourth-order valence-corrected chi connectivity index (χ4v) is 4.06. The standard InChI is InChI=1S/C35H26N2O4/c38-33(22-15-25-13-16-27(17-14-25)26-8-3-1-4-9-26)28-18-20-30(21-19-28)36-35(40)32(24-31-12-7-23-41-31)37-34(39)29-10-5-2-6-11-29/h1-24H,(H,36,40)(H,37,39)/b22-15+,32-24-. The number of nitrogens with one attached hydrogen (secondary N) is 2. The second-order valence-corrected chi connectivity index (χ2v) is 9.11. The molecular formula is C35H26N2O4. The van der Waals surface area contributed by atoms with Crippen LogP contribution in [0.5, 0.6) is 0 Å². The predicted molar refractivity (Wildman–Crippen MR) is 161 cm³/mol. The Morgan fingerprint density at radius 3 is 1.95 bits per heavy atom. The summed E-state index contributed by atoms with van der Waals surface area (Å²) < 4.78 is 5.32. The van der Waals surface area contributed by atoms with Crippen molar-refractivity contribution in [3.8, 4) is 11.1 Å². The molecule has 5 aromatic rings. The van der Waals surface area contributed by atoms with Crippen molar-refractivity contribution in [2.45, 2.75) is 0 Å². The third-order valence-electron chi connectivity index (χ3n) is 6.23. The highest BCUT2D eigenvalue weighted by molar-refractivity contribution is 6.11. The molecule has 200 valence electrons. The van der Waals surface area contributed by atoms with Crippen LogP contribution in [0.3, 0.4) is 0 Å². The molecule has 0 atom stereocenters. The van der Waals surface area contributed by atoms with Crippen LogP contribution in [-0.4, -0.2) is 17.6 Å². The Balaban J connectivity index is 1.23. The number of carbonyl (C=O) groups is 3. The molecule has 5 rings (SSSR count). The molecule has 0 aliphatic heterocycles. The molecule has 0 saturated heterocycles. The van der Waals surface area contributed by atoms with Crippen molar-refractivity contribution >= 4 is 35.4 Å². The molecule has 0 bridgehead atoms. The van der Waals surface area contributed by atoms with Gasteiger partial charge in [-0.3, -0.25) is 14.4 Å². The molecule has 0 spiro atoms. The van der Waals surface area contributed by atoms with Crippen molar-refractivity contribution in [3.05, 3.63) is 162 Å². The molecule has 2 N–H and O–H groups in total. The first-order valence-electron chi connectivity index (χ1n) is 13.0. The molecular weight excluding hydrogens is 512 g/mol. The van der Waals surface area contributed by atoms with Gasteiger partial charge in [0.15, 0.2) is 5.78 Å². The second kappa shape index (κ2) is 12.9. The summed E-state index contributed by atoms with van der Waals surface area (Å²) in [4.78, 5) is 38.5. The Labute approximate surface area is 237 Å². The minimum Gasteiger partial charge on any atom is -0.465 e. The number of carbonyl (C=O) groups excluding carboxylic acids is 3. The summed E-state index contributed by atoms with van der Waals surface area (Å²) in [6, 6.07) is 36.6. The highest BCUT2D eigenvalue weighted by Gasteiger charge is 2.16. The van der Waals surface area contributed by atoms with E-state index in [0.717, 1.165) is 16.7 Å². The van der Waals surface area contributed by atoms with E-state index >= 15 is 0 Å². The minimum absolute atomic E-state index is 0.00942. The van der Waals surface area contributed by atoms with Gasteiger partial charge in [-0.15, -0.1) is 0 Å². The number of rotatable bonds is 9. The fraction of sp³-hybridized carbons (Fsp3) is 0. The maximum Gasteiger partial charge on any atom is 0.272 e. The van der Waals surface area contributed by atoms with E-state index < -0.39 is 11.8 Å². The second-order valence-electron chi connectivity index (χ2n) is 9.11.